The summed E-state index contributed by atoms with van der Waals surface area (Å²) in [5, 5.41) is 0. The van der Waals surface area contributed by atoms with Gasteiger partial charge < -0.3 is 9.47 Å². The van der Waals surface area contributed by atoms with Gasteiger partial charge in [0.05, 0.1) is 13.2 Å². The number of hydrogen-bond donors (Lipinski definition) is 0. The van der Waals surface area contributed by atoms with E-state index in [0.29, 0.717) is 13.2 Å². The Hall–Kier alpha value is -0.380. The molecule has 1 heterocycles. The largest absolute Gasteiger partial charge is 0.348 e. The third kappa shape index (κ3) is 4.78. The van der Waals surface area contributed by atoms with Crippen molar-refractivity contribution in [1.29, 1.82) is 0 Å². The molecule has 0 bridgehead atoms. The van der Waals surface area contributed by atoms with Crippen LogP contribution in [-0.4, -0.2) is 19.0 Å². The van der Waals surface area contributed by atoms with Gasteiger partial charge in [0.25, 0.3) is 0 Å². The third-order valence-corrected chi connectivity index (χ3v) is 2.50. The van der Waals surface area contributed by atoms with Crippen LogP contribution < -0.4 is 0 Å². The van der Waals surface area contributed by atoms with Gasteiger partial charge in [0.15, 0.2) is 5.79 Å². The molecule has 1 saturated heterocycles. The van der Waals surface area contributed by atoms with Crippen molar-refractivity contribution < 1.29 is 9.47 Å². The number of rotatable bonds is 4. The van der Waals surface area contributed by atoms with Crippen LogP contribution in [0.3, 0.4) is 0 Å². The van der Waals surface area contributed by atoms with E-state index in [-0.39, 0.29) is 0 Å². The highest BCUT2D eigenvalue weighted by Gasteiger charge is 2.28. The fourth-order valence-electron chi connectivity index (χ4n) is 1.38. The van der Waals surface area contributed by atoms with Crippen LogP contribution in [0.25, 0.3) is 0 Å². The Balaban J connectivity index is 2.38. The zero-order chi connectivity index (χ0) is 11.1. The standard InChI is InChI=1S/C12H17BrO2/c1-11(6-4-8-13)5-3-7-12(2)14-9-10-15-12/h3-6,8H,7,9-10H2,1-2H3/b5-3+,8-4+,11-6+. The second kappa shape index (κ2) is 6.26. The lowest BCUT2D eigenvalue weighted by Gasteiger charge is -2.19. The molecule has 0 aliphatic carbocycles. The van der Waals surface area contributed by atoms with Crippen molar-refractivity contribution in [2.75, 3.05) is 13.2 Å². The predicted molar refractivity (Wildman–Crippen MR) is 65.9 cm³/mol. The van der Waals surface area contributed by atoms with E-state index in [1.807, 2.05) is 24.1 Å². The Labute approximate surface area is 99.8 Å². The molecular weight excluding hydrogens is 256 g/mol. The molecule has 15 heavy (non-hydrogen) atoms. The summed E-state index contributed by atoms with van der Waals surface area (Å²) in [6.07, 6.45) is 8.92. The Kier molecular flexibility index (Phi) is 5.29. The number of allylic oxidation sites excluding steroid dienone is 4. The molecule has 0 N–H and O–H groups in total. The van der Waals surface area contributed by atoms with Gasteiger partial charge in [-0.25, -0.2) is 0 Å². The van der Waals surface area contributed by atoms with Crippen LogP contribution in [0.1, 0.15) is 20.3 Å². The molecular formula is C12H17BrO2. The van der Waals surface area contributed by atoms with Gasteiger partial charge in [0, 0.05) is 6.42 Å². The van der Waals surface area contributed by atoms with Crippen LogP contribution in [0.15, 0.2) is 34.9 Å². The molecule has 0 spiro atoms. The minimum absolute atomic E-state index is 0.415. The Morgan fingerprint density at radius 2 is 2.07 bits per heavy atom. The summed E-state index contributed by atoms with van der Waals surface area (Å²) < 4.78 is 11.0. The van der Waals surface area contributed by atoms with Crippen molar-refractivity contribution in [2.45, 2.75) is 26.1 Å². The Morgan fingerprint density at radius 3 is 2.67 bits per heavy atom. The average molecular weight is 273 g/mol. The van der Waals surface area contributed by atoms with E-state index in [0.717, 1.165) is 6.42 Å². The molecule has 0 atom stereocenters. The smallest absolute Gasteiger partial charge is 0.169 e. The van der Waals surface area contributed by atoms with Gasteiger partial charge in [0.2, 0.25) is 0 Å². The quantitative estimate of drug-likeness (QED) is 0.729. The van der Waals surface area contributed by atoms with Crippen LogP contribution in [0, 0.1) is 0 Å². The Bertz CT molecular complexity index is 273. The lowest BCUT2D eigenvalue weighted by molar-refractivity contribution is -0.138. The van der Waals surface area contributed by atoms with Gasteiger partial charge in [-0.05, 0) is 18.8 Å². The van der Waals surface area contributed by atoms with Gasteiger partial charge in [-0.2, -0.15) is 0 Å². The molecule has 0 saturated carbocycles. The number of ether oxygens (including phenoxy) is 2. The molecule has 0 aromatic rings. The minimum Gasteiger partial charge on any atom is -0.348 e. The normalized spacial score (nSPS) is 21.9. The van der Waals surface area contributed by atoms with Crippen LogP contribution in [0.4, 0.5) is 0 Å². The van der Waals surface area contributed by atoms with Crippen molar-refractivity contribution in [3.05, 3.63) is 34.9 Å². The Morgan fingerprint density at radius 1 is 1.40 bits per heavy atom. The highest BCUT2D eigenvalue weighted by atomic mass is 79.9. The van der Waals surface area contributed by atoms with E-state index in [1.165, 1.54) is 5.57 Å². The first-order chi connectivity index (χ1) is 7.16. The minimum atomic E-state index is -0.415. The van der Waals surface area contributed by atoms with Crippen LogP contribution in [-0.2, 0) is 9.47 Å². The first-order valence-corrected chi connectivity index (χ1v) is 5.96. The molecule has 2 nitrogen and oxygen atoms in total. The molecule has 84 valence electrons. The summed E-state index contributed by atoms with van der Waals surface area (Å²) >= 11 is 3.22. The average Bonchev–Trinajstić information content (AvgIpc) is 2.62. The highest BCUT2D eigenvalue weighted by molar-refractivity contribution is 9.11. The maximum Gasteiger partial charge on any atom is 0.169 e. The predicted octanol–water partition coefficient (Wildman–Crippen LogP) is 3.55. The monoisotopic (exact) mass is 272 g/mol. The molecule has 1 fully saturated rings. The van der Waals surface area contributed by atoms with Gasteiger partial charge in [-0.15, -0.1) is 0 Å². The summed E-state index contributed by atoms with van der Waals surface area (Å²) in [5.41, 5.74) is 1.20. The van der Waals surface area contributed by atoms with E-state index in [1.54, 1.807) is 0 Å². The zero-order valence-electron chi connectivity index (χ0n) is 9.20. The van der Waals surface area contributed by atoms with Crippen molar-refractivity contribution in [1.82, 2.24) is 0 Å². The zero-order valence-corrected chi connectivity index (χ0v) is 10.8. The van der Waals surface area contributed by atoms with Crippen molar-refractivity contribution in [3.8, 4) is 0 Å². The molecule has 0 unspecified atom stereocenters. The SMILES string of the molecule is CC(/C=C/CC1(C)OCCO1)=C\C=C\Br. The van der Waals surface area contributed by atoms with E-state index in [4.69, 9.17) is 9.47 Å². The second-order valence-electron chi connectivity index (χ2n) is 3.67. The van der Waals surface area contributed by atoms with E-state index in [9.17, 15) is 0 Å². The van der Waals surface area contributed by atoms with Crippen LogP contribution >= 0.6 is 15.9 Å². The third-order valence-electron chi connectivity index (χ3n) is 2.20. The van der Waals surface area contributed by atoms with Gasteiger partial charge >= 0.3 is 0 Å². The summed E-state index contributed by atoms with van der Waals surface area (Å²) in [5.74, 6) is -0.415. The molecule has 3 heteroatoms. The lowest BCUT2D eigenvalue weighted by Crippen LogP contribution is -2.24. The second-order valence-corrected chi connectivity index (χ2v) is 4.20. The van der Waals surface area contributed by atoms with Gasteiger partial charge in [-0.3, -0.25) is 0 Å². The topological polar surface area (TPSA) is 18.5 Å². The maximum atomic E-state index is 5.49. The van der Waals surface area contributed by atoms with Crippen LogP contribution in [0.2, 0.25) is 0 Å². The van der Waals surface area contributed by atoms with E-state index in [2.05, 4.69) is 35.0 Å². The highest BCUT2D eigenvalue weighted by Crippen LogP contribution is 2.22. The van der Waals surface area contributed by atoms with Crippen molar-refractivity contribution in [3.63, 3.8) is 0 Å². The summed E-state index contributed by atoms with van der Waals surface area (Å²) in [6, 6.07) is 0. The molecule has 1 rings (SSSR count). The van der Waals surface area contributed by atoms with Crippen molar-refractivity contribution >= 4 is 15.9 Å². The molecule has 0 amide bonds. The summed E-state index contributed by atoms with van der Waals surface area (Å²) in [4.78, 5) is 1.83. The van der Waals surface area contributed by atoms with Crippen LogP contribution in [0.5, 0.6) is 0 Å². The lowest BCUT2D eigenvalue weighted by atomic mass is 10.2. The van der Waals surface area contributed by atoms with Crippen molar-refractivity contribution in [2.24, 2.45) is 0 Å². The van der Waals surface area contributed by atoms with Gasteiger partial charge in [0.1, 0.15) is 0 Å². The molecule has 0 aromatic carbocycles. The molecule has 1 aliphatic rings. The van der Waals surface area contributed by atoms with E-state index >= 15 is 0 Å². The summed E-state index contributed by atoms with van der Waals surface area (Å²) in [7, 11) is 0. The first kappa shape index (κ1) is 12.7. The maximum absolute atomic E-state index is 5.49. The first-order valence-electron chi connectivity index (χ1n) is 5.04. The van der Waals surface area contributed by atoms with E-state index < -0.39 is 5.79 Å². The fraction of sp³-hybridized carbons (Fsp3) is 0.500. The number of halogens is 1. The molecule has 0 radical (unpaired) electrons. The summed E-state index contributed by atoms with van der Waals surface area (Å²) in [6.45, 7) is 5.43. The molecule has 1 aliphatic heterocycles. The number of hydrogen-bond acceptors (Lipinski definition) is 2. The molecule has 0 aromatic heterocycles. The fourth-order valence-corrected chi connectivity index (χ4v) is 1.53. The van der Waals surface area contributed by atoms with Gasteiger partial charge in [-0.1, -0.05) is 45.8 Å².